The average Bonchev–Trinajstić information content (AvgIpc) is 3.23. The van der Waals surface area contributed by atoms with Crippen LogP contribution in [0.25, 0.3) is 0 Å². The molecule has 2 aliphatic heterocycles. The third-order valence-corrected chi connectivity index (χ3v) is 6.68. The lowest BCUT2D eigenvalue weighted by atomic mass is 9.95. The minimum absolute atomic E-state index is 0.115. The van der Waals surface area contributed by atoms with Crippen molar-refractivity contribution in [2.24, 2.45) is 0 Å². The van der Waals surface area contributed by atoms with Gasteiger partial charge >= 0.3 is 0 Å². The summed E-state index contributed by atoms with van der Waals surface area (Å²) < 4.78 is 13.2. The zero-order chi connectivity index (χ0) is 21.9. The Bertz CT molecular complexity index is 1000. The number of nitrogens with zero attached hydrogens (tertiary/aromatic N) is 2. The van der Waals surface area contributed by atoms with Crippen molar-refractivity contribution in [2.75, 3.05) is 26.2 Å². The minimum Gasteiger partial charge on any atom is -0.348 e. The lowest BCUT2D eigenvalue weighted by Gasteiger charge is -2.42. The first kappa shape index (κ1) is 20.9. The van der Waals surface area contributed by atoms with E-state index in [1.165, 1.54) is 23.3 Å². The van der Waals surface area contributed by atoms with E-state index in [1.54, 1.807) is 12.1 Å². The zero-order valence-corrected chi connectivity index (χ0v) is 18.0. The van der Waals surface area contributed by atoms with Gasteiger partial charge in [0.05, 0.1) is 6.04 Å². The molecule has 1 N–H and O–H groups in total. The van der Waals surface area contributed by atoms with Gasteiger partial charge in [0.2, 0.25) is 0 Å². The number of hydrogen-bond donors (Lipinski definition) is 1. The Morgan fingerprint density at radius 3 is 2.09 bits per heavy atom. The normalized spacial score (nSPS) is 21.4. The zero-order valence-electron chi connectivity index (χ0n) is 18.0. The molecule has 1 amide bonds. The Morgan fingerprint density at radius 1 is 0.844 bits per heavy atom. The van der Waals surface area contributed by atoms with Gasteiger partial charge in [0.25, 0.3) is 5.91 Å². The van der Waals surface area contributed by atoms with Crippen LogP contribution in [-0.2, 0) is 0 Å². The third-order valence-electron chi connectivity index (χ3n) is 6.68. The maximum atomic E-state index is 13.2. The van der Waals surface area contributed by atoms with Crippen molar-refractivity contribution < 1.29 is 9.18 Å². The summed E-state index contributed by atoms with van der Waals surface area (Å²) in [6.07, 6.45) is 0.930. The summed E-state index contributed by atoms with van der Waals surface area (Å²) in [7, 11) is 0. The van der Waals surface area contributed by atoms with E-state index < -0.39 is 0 Å². The predicted octanol–water partition coefficient (Wildman–Crippen LogP) is 4.10. The van der Waals surface area contributed by atoms with Crippen molar-refractivity contribution in [2.45, 2.75) is 24.5 Å². The molecule has 164 valence electrons. The monoisotopic (exact) mass is 429 g/mol. The van der Waals surface area contributed by atoms with Crippen LogP contribution in [0.15, 0.2) is 84.9 Å². The summed E-state index contributed by atoms with van der Waals surface area (Å²) in [5.74, 6) is -0.454. The Balaban J connectivity index is 1.28. The Morgan fingerprint density at radius 2 is 1.47 bits per heavy atom. The van der Waals surface area contributed by atoms with Crippen LogP contribution in [0, 0.1) is 5.82 Å². The molecule has 2 saturated heterocycles. The summed E-state index contributed by atoms with van der Waals surface area (Å²) >= 11 is 0. The first-order valence-electron chi connectivity index (χ1n) is 11.3. The maximum absolute atomic E-state index is 13.2. The molecule has 0 bridgehead atoms. The fourth-order valence-electron chi connectivity index (χ4n) is 5.16. The van der Waals surface area contributed by atoms with Crippen molar-refractivity contribution in [3.05, 3.63) is 107 Å². The number of benzene rings is 3. The number of piperazine rings is 1. The summed E-state index contributed by atoms with van der Waals surface area (Å²) in [5, 5.41) is 3.16. The second-order valence-electron chi connectivity index (χ2n) is 8.78. The SMILES string of the molecule is O=C(NC1CC2CN(C(c3ccccc3)c3ccccc3)CCN2C1)c1ccc(F)cc1. The van der Waals surface area contributed by atoms with Crippen LogP contribution in [-0.4, -0.2) is 54.0 Å². The van der Waals surface area contributed by atoms with E-state index in [4.69, 9.17) is 0 Å². The molecule has 2 fully saturated rings. The number of halogens is 1. The number of hydrogen-bond acceptors (Lipinski definition) is 3. The van der Waals surface area contributed by atoms with Crippen LogP contribution in [0.3, 0.4) is 0 Å². The van der Waals surface area contributed by atoms with Crippen LogP contribution in [0.4, 0.5) is 4.39 Å². The second-order valence-corrected chi connectivity index (χ2v) is 8.78. The lowest BCUT2D eigenvalue weighted by molar-refractivity contribution is 0.0829. The Kier molecular flexibility index (Phi) is 6.02. The largest absolute Gasteiger partial charge is 0.348 e. The Labute approximate surface area is 188 Å². The van der Waals surface area contributed by atoms with Gasteiger partial charge in [-0.2, -0.15) is 0 Å². The summed E-state index contributed by atoms with van der Waals surface area (Å²) in [6, 6.07) is 27.9. The molecule has 2 atom stereocenters. The molecule has 0 saturated carbocycles. The number of fused-ring (bicyclic) bond motifs is 1. The van der Waals surface area contributed by atoms with E-state index in [1.807, 2.05) is 0 Å². The number of rotatable bonds is 5. The fourth-order valence-corrected chi connectivity index (χ4v) is 5.16. The highest BCUT2D eigenvalue weighted by Gasteiger charge is 2.39. The molecule has 3 aromatic rings. The van der Waals surface area contributed by atoms with E-state index in [0.717, 1.165) is 32.6 Å². The van der Waals surface area contributed by atoms with E-state index in [0.29, 0.717) is 11.6 Å². The van der Waals surface area contributed by atoms with E-state index in [9.17, 15) is 9.18 Å². The molecule has 32 heavy (non-hydrogen) atoms. The van der Waals surface area contributed by atoms with Gasteiger partial charge in [-0.15, -0.1) is 0 Å². The van der Waals surface area contributed by atoms with Crippen molar-refractivity contribution in [1.29, 1.82) is 0 Å². The molecule has 0 aliphatic carbocycles. The van der Waals surface area contributed by atoms with E-state index in [2.05, 4.69) is 75.8 Å². The highest BCUT2D eigenvalue weighted by molar-refractivity contribution is 5.94. The van der Waals surface area contributed by atoms with Crippen LogP contribution >= 0.6 is 0 Å². The molecule has 2 heterocycles. The van der Waals surface area contributed by atoms with Gasteiger partial charge < -0.3 is 5.32 Å². The fraction of sp³-hybridized carbons (Fsp3) is 0.296. The minimum atomic E-state index is -0.328. The summed E-state index contributed by atoms with van der Waals surface area (Å²) in [5.41, 5.74) is 3.13. The van der Waals surface area contributed by atoms with Crippen molar-refractivity contribution in [3.8, 4) is 0 Å². The topological polar surface area (TPSA) is 35.6 Å². The number of carbonyl (C=O) groups excluding carboxylic acids is 1. The Hall–Kier alpha value is -3.02. The second kappa shape index (κ2) is 9.23. The van der Waals surface area contributed by atoms with Gasteiger partial charge in [-0.3, -0.25) is 14.6 Å². The van der Waals surface area contributed by atoms with Crippen molar-refractivity contribution in [3.63, 3.8) is 0 Å². The molecule has 0 aromatic heterocycles. The molecule has 5 heteroatoms. The van der Waals surface area contributed by atoms with E-state index >= 15 is 0 Å². The number of nitrogens with one attached hydrogen (secondary N) is 1. The lowest BCUT2D eigenvalue weighted by Crippen LogP contribution is -2.51. The van der Waals surface area contributed by atoms with Gasteiger partial charge in [-0.1, -0.05) is 60.7 Å². The number of amides is 1. The molecular formula is C27H28FN3O. The van der Waals surface area contributed by atoms with Crippen LogP contribution in [0.2, 0.25) is 0 Å². The molecule has 2 aliphatic rings. The molecule has 0 spiro atoms. The first-order chi connectivity index (χ1) is 15.7. The molecule has 0 radical (unpaired) electrons. The molecular weight excluding hydrogens is 401 g/mol. The van der Waals surface area contributed by atoms with Gasteiger partial charge in [0.15, 0.2) is 0 Å². The standard InChI is InChI=1S/C27H28FN3O/c28-23-13-11-22(12-14-23)27(32)29-24-17-25-19-31(16-15-30(25)18-24)26(20-7-3-1-4-8-20)21-9-5-2-6-10-21/h1-14,24-26H,15-19H2,(H,29,32). The maximum Gasteiger partial charge on any atom is 0.251 e. The van der Waals surface area contributed by atoms with Gasteiger partial charge in [0, 0.05) is 43.8 Å². The van der Waals surface area contributed by atoms with Crippen LogP contribution in [0.5, 0.6) is 0 Å². The quantitative estimate of drug-likeness (QED) is 0.663. The predicted molar refractivity (Wildman–Crippen MR) is 124 cm³/mol. The molecule has 5 rings (SSSR count). The number of carbonyl (C=O) groups is 1. The van der Waals surface area contributed by atoms with Crippen LogP contribution < -0.4 is 5.32 Å². The molecule has 2 unspecified atom stereocenters. The highest BCUT2D eigenvalue weighted by Crippen LogP contribution is 2.33. The summed E-state index contributed by atoms with van der Waals surface area (Å²) in [6.45, 7) is 3.82. The molecule has 3 aromatic carbocycles. The van der Waals surface area contributed by atoms with Gasteiger partial charge in [-0.25, -0.2) is 4.39 Å². The van der Waals surface area contributed by atoms with Crippen molar-refractivity contribution >= 4 is 5.91 Å². The van der Waals surface area contributed by atoms with E-state index in [-0.39, 0.29) is 23.8 Å². The van der Waals surface area contributed by atoms with Gasteiger partial charge in [-0.05, 0) is 41.8 Å². The third kappa shape index (κ3) is 4.45. The van der Waals surface area contributed by atoms with Crippen LogP contribution in [0.1, 0.15) is 33.9 Å². The first-order valence-corrected chi connectivity index (χ1v) is 11.3. The molecule has 4 nitrogen and oxygen atoms in total. The summed E-state index contributed by atoms with van der Waals surface area (Å²) in [4.78, 5) is 17.7. The average molecular weight is 430 g/mol. The van der Waals surface area contributed by atoms with Gasteiger partial charge in [0.1, 0.15) is 5.82 Å². The smallest absolute Gasteiger partial charge is 0.251 e. The highest BCUT2D eigenvalue weighted by atomic mass is 19.1. The van der Waals surface area contributed by atoms with Crippen molar-refractivity contribution in [1.82, 2.24) is 15.1 Å².